The lowest BCUT2D eigenvalue weighted by molar-refractivity contribution is -0.182. The molecule has 4 rings (SSSR count). The van der Waals surface area contributed by atoms with Crippen LogP contribution >= 0.6 is 15.9 Å². The minimum absolute atomic E-state index is 0.00872. The van der Waals surface area contributed by atoms with Gasteiger partial charge in [0.2, 0.25) is 0 Å². The lowest BCUT2D eigenvalue weighted by Crippen LogP contribution is -2.50. The number of carbonyl (C=O) groups excluding carboxylic acids is 1. The molecule has 1 aliphatic carbocycles. The van der Waals surface area contributed by atoms with Crippen LogP contribution in [0, 0.1) is 5.92 Å². The standard InChI is InChI=1S/C22H29BrN2O3/c23-18-8-5-9-19-20(18)17(13-25(19)11-10-22(27)14-28-15-22)21(26)24-12-16-6-3-1-2-4-7-16/h5,8-9,13,16,27H,1-4,6-7,10-12,14-15H2,(H,24,26). The number of carbonyl (C=O) groups is 1. The summed E-state index contributed by atoms with van der Waals surface area (Å²) in [4.78, 5) is 13.0. The Labute approximate surface area is 174 Å². The molecule has 2 fully saturated rings. The minimum Gasteiger partial charge on any atom is -0.385 e. The third kappa shape index (κ3) is 4.29. The van der Waals surface area contributed by atoms with Crippen molar-refractivity contribution >= 4 is 32.7 Å². The summed E-state index contributed by atoms with van der Waals surface area (Å²) in [6.07, 6.45) is 10.2. The summed E-state index contributed by atoms with van der Waals surface area (Å²) >= 11 is 3.62. The van der Waals surface area contributed by atoms with Crippen LogP contribution in [0.5, 0.6) is 0 Å². The Kier molecular flexibility index (Phi) is 6.09. The summed E-state index contributed by atoms with van der Waals surface area (Å²) in [5.74, 6) is 0.585. The maximum atomic E-state index is 13.0. The summed E-state index contributed by atoms with van der Waals surface area (Å²) in [6, 6.07) is 5.99. The topological polar surface area (TPSA) is 63.5 Å². The quantitative estimate of drug-likeness (QED) is 0.648. The maximum Gasteiger partial charge on any atom is 0.253 e. The van der Waals surface area contributed by atoms with E-state index in [0.717, 1.165) is 21.9 Å². The molecule has 6 heteroatoms. The SMILES string of the molecule is O=C(NCC1CCCCCC1)c1cn(CCC2(O)COC2)c2cccc(Br)c12. The zero-order valence-electron chi connectivity index (χ0n) is 16.3. The van der Waals surface area contributed by atoms with Crippen molar-refractivity contribution in [2.75, 3.05) is 19.8 Å². The van der Waals surface area contributed by atoms with Gasteiger partial charge in [-0.2, -0.15) is 0 Å². The molecule has 28 heavy (non-hydrogen) atoms. The van der Waals surface area contributed by atoms with E-state index < -0.39 is 5.60 Å². The summed E-state index contributed by atoms with van der Waals surface area (Å²) in [7, 11) is 0. The second-order valence-electron chi connectivity index (χ2n) is 8.40. The Hall–Kier alpha value is -1.37. The number of nitrogens with one attached hydrogen (secondary N) is 1. The predicted molar refractivity (Wildman–Crippen MR) is 114 cm³/mol. The molecule has 0 atom stereocenters. The van der Waals surface area contributed by atoms with Crippen LogP contribution in [0.25, 0.3) is 10.9 Å². The van der Waals surface area contributed by atoms with Crippen molar-refractivity contribution in [3.05, 3.63) is 34.4 Å². The maximum absolute atomic E-state index is 13.0. The van der Waals surface area contributed by atoms with Gasteiger partial charge in [-0.25, -0.2) is 0 Å². The smallest absolute Gasteiger partial charge is 0.253 e. The molecule has 1 amide bonds. The number of rotatable bonds is 6. The lowest BCUT2D eigenvalue weighted by Gasteiger charge is -2.36. The predicted octanol–water partition coefficient (Wildman–Crippen LogP) is 4.26. The van der Waals surface area contributed by atoms with Gasteiger partial charge < -0.3 is 19.7 Å². The Bertz CT molecular complexity index is 836. The number of aryl methyl sites for hydroxylation is 1. The number of benzene rings is 1. The van der Waals surface area contributed by atoms with Gasteiger partial charge in [0.05, 0.1) is 18.8 Å². The van der Waals surface area contributed by atoms with Crippen LogP contribution in [0.4, 0.5) is 0 Å². The number of hydrogen-bond donors (Lipinski definition) is 2. The van der Waals surface area contributed by atoms with E-state index in [-0.39, 0.29) is 5.91 Å². The number of ether oxygens (including phenoxy) is 1. The fourth-order valence-corrected chi connectivity index (χ4v) is 4.95. The highest BCUT2D eigenvalue weighted by Gasteiger charge is 2.35. The van der Waals surface area contributed by atoms with E-state index in [2.05, 4.69) is 25.8 Å². The van der Waals surface area contributed by atoms with Gasteiger partial charge in [0.15, 0.2) is 0 Å². The van der Waals surface area contributed by atoms with Crippen LogP contribution in [0.15, 0.2) is 28.9 Å². The van der Waals surface area contributed by atoms with Crippen molar-refractivity contribution in [2.24, 2.45) is 5.92 Å². The Morgan fingerprint density at radius 2 is 2.00 bits per heavy atom. The van der Waals surface area contributed by atoms with Gasteiger partial charge in [-0.1, -0.05) is 47.7 Å². The molecule has 152 valence electrons. The van der Waals surface area contributed by atoms with Gasteiger partial charge in [0.25, 0.3) is 5.91 Å². The van der Waals surface area contributed by atoms with Crippen molar-refractivity contribution in [3.63, 3.8) is 0 Å². The van der Waals surface area contributed by atoms with Gasteiger partial charge in [0.1, 0.15) is 5.60 Å². The first kappa shape index (κ1) is 19.9. The summed E-state index contributed by atoms with van der Waals surface area (Å²) in [6.45, 7) is 2.20. The third-order valence-electron chi connectivity index (χ3n) is 6.19. The van der Waals surface area contributed by atoms with E-state index in [9.17, 15) is 9.90 Å². The lowest BCUT2D eigenvalue weighted by atomic mass is 9.98. The Morgan fingerprint density at radius 3 is 2.68 bits per heavy atom. The molecule has 2 aliphatic rings. The first-order chi connectivity index (χ1) is 13.6. The Balaban J connectivity index is 1.51. The Morgan fingerprint density at radius 1 is 1.25 bits per heavy atom. The first-order valence-electron chi connectivity index (χ1n) is 10.4. The molecule has 0 radical (unpaired) electrons. The molecule has 1 aliphatic heterocycles. The molecule has 1 aromatic heterocycles. The number of aliphatic hydroxyl groups is 1. The van der Waals surface area contributed by atoms with Gasteiger partial charge >= 0.3 is 0 Å². The highest BCUT2D eigenvalue weighted by Crippen LogP contribution is 2.31. The minimum atomic E-state index is -0.732. The first-order valence-corrected chi connectivity index (χ1v) is 11.2. The van der Waals surface area contributed by atoms with Gasteiger partial charge in [-0.3, -0.25) is 4.79 Å². The summed E-state index contributed by atoms with van der Waals surface area (Å²) in [5.41, 5.74) is 0.982. The molecule has 0 spiro atoms. The van der Waals surface area contributed by atoms with E-state index in [4.69, 9.17) is 4.74 Å². The van der Waals surface area contributed by atoms with Crippen LogP contribution in [0.1, 0.15) is 55.3 Å². The fourth-order valence-electron chi connectivity index (χ4n) is 4.38. The number of halogens is 1. The normalized spacial score (nSPS) is 19.9. The van der Waals surface area contributed by atoms with E-state index in [0.29, 0.717) is 37.7 Å². The number of nitrogens with zero attached hydrogens (tertiary/aromatic N) is 1. The zero-order chi connectivity index (χ0) is 19.6. The molecular weight excluding hydrogens is 420 g/mol. The molecule has 2 heterocycles. The van der Waals surface area contributed by atoms with Crippen molar-refractivity contribution in [1.82, 2.24) is 9.88 Å². The molecule has 1 aromatic carbocycles. The van der Waals surface area contributed by atoms with Crippen LogP contribution in [0.3, 0.4) is 0 Å². The van der Waals surface area contributed by atoms with E-state index in [1.807, 2.05) is 24.4 Å². The largest absolute Gasteiger partial charge is 0.385 e. The molecule has 0 bridgehead atoms. The molecule has 1 saturated heterocycles. The highest BCUT2D eigenvalue weighted by atomic mass is 79.9. The monoisotopic (exact) mass is 448 g/mol. The average Bonchev–Trinajstić information content (AvgIpc) is 2.85. The van der Waals surface area contributed by atoms with Gasteiger partial charge in [-0.05, 0) is 37.3 Å². The second-order valence-corrected chi connectivity index (χ2v) is 9.26. The van der Waals surface area contributed by atoms with Crippen LogP contribution in [-0.4, -0.2) is 40.9 Å². The van der Waals surface area contributed by atoms with Crippen molar-refractivity contribution in [1.29, 1.82) is 0 Å². The zero-order valence-corrected chi connectivity index (χ0v) is 17.8. The van der Waals surface area contributed by atoms with Crippen molar-refractivity contribution < 1.29 is 14.6 Å². The summed E-state index contributed by atoms with van der Waals surface area (Å²) in [5, 5.41) is 14.5. The van der Waals surface area contributed by atoms with E-state index >= 15 is 0 Å². The molecular formula is C22H29BrN2O3. The third-order valence-corrected chi connectivity index (χ3v) is 6.85. The molecule has 0 unspecified atom stereocenters. The highest BCUT2D eigenvalue weighted by molar-refractivity contribution is 9.10. The van der Waals surface area contributed by atoms with E-state index in [1.54, 1.807) is 0 Å². The fraction of sp³-hybridized carbons (Fsp3) is 0.591. The van der Waals surface area contributed by atoms with Crippen LogP contribution in [0.2, 0.25) is 0 Å². The molecule has 2 N–H and O–H groups in total. The molecule has 1 saturated carbocycles. The van der Waals surface area contributed by atoms with E-state index in [1.165, 1.54) is 38.5 Å². The van der Waals surface area contributed by atoms with Crippen molar-refractivity contribution in [3.8, 4) is 0 Å². The molecule has 5 nitrogen and oxygen atoms in total. The second kappa shape index (κ2) is 8.56. The molecule has 2 aromatic rings. The number of amides is 1. The average molecular weight is 449 g/mol. The number of aromatic nitrogens is 1. The van der Waals surface area contributed by atoms with Crippen molar-refractivity contribution in [2.45, 2.75) is 57.1 Å². The number of fused-ring (bicyclic) bond motifs is 1. The van der Waals surface area contributed by atoms with Gasteiger partial charge in [0, 0.05) is 34.7 Å². The van der Waals surface area contributed by atoms with Crippen LogP contribution in [-0.2, 0) is 11.3 Å². The number of hydrogen-bond acceptors (Lipinski definition) is 3. The van der Waals surface area contributed by atoms with Gasteiger partial charge in [-0.15, -0.1) is 0 Å². The summed E-state index contributed by atoms with van der Waals surface area (Å²) < 4.78 is 8.15. The van der Waals surface area contributed by atoms with Crippen LogP contribution < -0.4 is 5.32 Å².